The fourth-order valence-corrected chi connectivity index (χ4v) is 3.81. The Kier molecular flexibility index (Phi) is 4.00. The quantitative estimate of drug-likeness (QED) is 0.853. The Labute approximate surface area is 123 Å². The lowest BCUT2D eigenvalue weighted by Crippen LogP contribution is -2.36. The molecule has 1 atom stereocenters. The van der Waals surface area contributed by atoms with E-state index in [0.29, 0.717) is 10.8 Å². The number of hydrogen-bond acceptors (Lipinski definition) is 2. The first-order chi connectivity index (χ1) is 9.14. The Morgan fingerprint density at radius 2 is 1.65 bits per heavy atom. The van der Waals surface area contributed by atoms with Crippen molar-refractivity contribution in [3.05, 3.63) is 29.8 Å². The average molecular weight is 295 g/mol. The third-order valence-corrected chi connectivity index (χ3v) is 6.23. The lowest BCUT2D eigenvalue weighted by molar-refractivity contribution is 0.357. The van der Waals surface area contributed by atoms with E-state index in [2.05, 4.69) is 20.8 Å². The van der Waals surface area contributed by atoms with Gasteiger partial charge in [0.25, 0.3) is 0 Å². The first kappa shape index (κ1) is 15.5. The fraction of sp³-hybridized carbons (Fsp3) is 0.625. The molecule has 0 saturated heterocycles. The largest absolute Gasteiger partial charge is 0.243 e. The summed E-state index contributed by atoms with van der Waals surface area (Å²) in [6.07, 6.45) is 2.29. The molecular weight excluding hydrogens is 270 g/mol. The number of hydrogen-bond donors (Lipinski definition) is 0. The molecule has 1 unspecified atom stereocenters. The van der Waals surface area contributed by atoms with Crippen molar-refractivity contribution in [3.63, 3.8) is 0 Å². The van der Waals surface area contributed by atoms with E-state index < -0.39 is 10.0 Å². The van der Waals surface area contributed by atoms with E-state index in [-0.39, 0.29) is 11.5 Å². The number of nitrogens with zero attached hydrogens (tertiary/aromatic N) is 1. The minimum atomic E-state index is -3.37. The normalized spacial score (nSPS) is 18.3. The van der Waals surface area contributed by atoms with Gasteiger partial charge in [-0.3, -0.25) is 0 Å². The van der Waals surface area contributed by atoms with Gasteiger partial charge in [0.2, 0.25) is 10.0 Å². The standard InChI is InChI=1S/C16H25NO2S/c1-12(13-6-7-13)17(5)20(18,19)15-10-8-14(9-11-15)16(2,3)4/h8-13H,6-7H2,1-5H3. The van der Waals surface area contributed by atoms with Crippen LogP contribution in [0.25, 0.3) is 0 Å². The van der Waals surface area contributed by atoms with Gasteiger partial charge in [-0.25, -0.2) is 8.42 Å². The fourth-order valence-electron chi connectivity index (χ4n) is 2.39. The second-order valence-electron chi connectivity index (χ2n) is 6.87. The van der Waals surface area contributed by atoms with Crippen LogP contribution in [0.3, 0.4) is 0 Å². The van der Waals surface area contributed by atoms with Crippen molar-refractivity contribution in [3.8, 4) is 0 Å². The zero-order chi connectivity index (χ0) is 15.1. The topological polar surface area (TPSA) is 37.4 Å². The number of sulfonamides is 1. The van der Waals surface area contributed by atoms with Crippen LogP contribution in [-0.4, -0.2) is 25.8 Å². The van der Waals surface area contributed by atoms with Gasteiger partial charge in [-0.05, 0) is 48.8 Å². The summed E-state index contributed by atoms with van der Waals surface area (Å²) >= 11 is 0. The molecule has 1 aromatic rings. The van der Waals surface area contributed by atoms with Crippen molar-refractivity contribution in [2.24, 2.45) is 5.92 Å². The Balaban J connectivity index is 2.25. The van der Waals surface area contributed by atoms with Crippen LogP contribution < -0.4 is 0 Å². The smallest absolute Gasteiger partial charge is 0.207 e. The maximum atomic E-state index is 12.6. The molecule has 0 heterocycles. The summed E-state index contributed by atoms with van der Waals surface area (Å²) in [5.41, 5.74) is 1.18. The van der Waals surface area contributed by atoms with Gasteiger partial charge >= 0.3 is 0 Å². The van der Waals surface area contributed by atoms with Crippen LogP contribution in [0.5, 0.6) is 0 Å². The average Bonchev–Trinajstić information content (AvgIpc) is 3.20. The predicted molar refractivity (Wildman–Crippen MR) is 82.3 cm³/mol. The predicted octanol–water partition coefficient (Wildman–Crippen LogP) is 3.40. The van der Waals surface area contributed by atoms with Gasteiger partial charge in [0.05, 0.1) is 4.90 Å². The highest BCUT2D eigenvalue weighted by atomic mass is 32.2. The molecule has 0 aliphatic heterocycles. The molecule has 1 aliphatic carbocycles. The Morgan fingerprint density at radius 1 is 1.15 bits per heavy atom. The van der Waals surface area contributed by atoms with Gasteiger partial charge in [0.15, 0.2) is 0 Å². The molecular formula is C16H25NO2S. The summed E-state index contributed by atoms with van der Waals surface area (Å²) in [4.78, 5) is 0.389. The highest BCUT2D eigenvalue weighted by molar-refractivity contribution is 7.89. The van der Waals surface area contributed by atoms with Crippen LogP contribution in [0, 0.1) is 5.92 Å². The summed E-state index contributed by atoms with van der Waals surface area (Å²) in [6, 6.07) is 7.38. The molecule has 0 N–H and O–H groups in total. The first-order valence-electron chi connectivity index (χ1n) is 7.22. The van der Waals surface area contributed by atoms with Crippen LogP contribution in [0.4, 0.5) is 0 Å². The van der Waals surface area contributed by atoms with Gasteiger partial charge in [-0.15, -0.1) is 0 Å². The van der Waals surface area contributed by atoms with Crippen LogP contribution >= 0.6 is 0 Å². The highest BCUT2D eigenvalue weighted by Gasteiger charge is 2.36. The Morgan fingerprint density at radius 3 is 2.05 bits per heavy atom. The van der Waals surface area contributed by atoms with Crippen molar-refractivity contribution in [1.82, 2.24) is 4.31 Å². The molecule has 0 bridgehead atoms. The van der Waals surface area contributed by atoms with Crippen molar-refractivity contribution < 1.29 is 8.42 Å². The SMILES string of the molecule is CC(C1CC1)N(C)S(=O)(=O)c1ccc(C(C)(C)C)cc1. The number of benzene rings is 1. The molecule has 0 amide bonds. The third kappa shape index (κ3) is 3.07. The minimum Gasteiger partial charge on any atom is -0.207 e. The van der Waals surface area contributed by atoms with Gasteiger partial charge in [0.1, 0.15) is 0 Å². The molecule has 4 heteroatoms. The second-order valence-corrected chi connectivity index (χ2v) is 8.87. The molecule has 2 rings (SSSR count). The Hall–Kier alpha value is -0.870. The van der Waals surface area contributed by atoms with E-state index >= 15 is 0 Å². The van der Waals surface area contributed by atoms with Crippen molar-refractivity contribution in [2.75, 3.05) is 7.05 Å². The van der Waals surface area contributed by atoms with E-state index in [1.165, 1.54) is 4.31 Å². The molecule has 0 aromatic heterocycles. The van der Waals surface area contributed by atoms with Crippen molar-refractivity contribution in [1.29, 1.82) is 0 Å². The molecule has 1 aliphatic rings. The number of rotatable bonds is 4. The maximum absolute atomic E-state index is 12.6. The van der Waals surface area contributed by atoms with Crippen LogP contribution in [0.15, 0.2) is 29.2 Å². The van der Waals surface area contributed by atoms with Crippen LogP contribution in [0.1, 0.15) is 46.1 Å². The molecule has 3 nitrogen and oxygen atoms in total. The molecule has 20 heavy (non-hydrogen) atoms. The molecule has 1 fully saturated rings. The maximum Gasteiger partial charge on any atom is 0.243 e. The van der Waals surface area contributed by atoms with Gasteiger partial charge in [0, 0.05) is 13.1 Å². The summed E-state index contributed by atoms with van der Waals surface area (Å²) in [6.45, 7) is 8.37. The van der Waals surface area contributed by atoms with Crippen LogP contribution in [0.2, 0.25) is 0 Å². The van der Waals surface area contributed by atoms with E-state index in [0.717, 1.165) is 18.4 Å². The molecule has 1 saturated carbocycles. The van der Waals surface area contributed by atoms with E-state index in [1.54, 1.807) is 19.2 Å². The van der Waals surface area contributed by atoms with E-state index in [1.807, 2.05) is 19.1 Å². The van der Waals surface area contributed by atoms with Crippen LogP contribution in [-0.2, 0) is 15.4 Å². The highest BCUT2D eigenvalue weighted by Crippen LogP contribution is 2.36. The van der Waals surface area contributed by atoms with Gasteiger partial charge in [-0.1, -0.05) is 32.9 Å². The third-order valence-electron chi connectivity index (χ3n) is 4.28. The molecule has 0 radical (unpaired) electrons. The Bertz CT molecular complexity index is 565. The minimum absolute atomic E-state index is 0.0372. The van der Waals surface area contributed by atoms with Crippen molar-refractivity contribution >= 4 is 10.0 Å². The lowest BCUT2D eigenvalue weighted by atomic mass is 9.87. The summed E-state index contributed by atoms with van der Waals surface area (Å²) < 4.78 is 26.7. The first-order valence-corrected chi connectivity index (χ1v) is 8.66. The molecule has 112 valence electrons. The summed E-state index contributed by atoms with van der Waals surface area (Å²) in [5.74, 6) is 0.531. The van der Waals surface area contributed by atoms with E-state index in [9.17, 15) is 8.42 Å². The molecule has 1 aromatic carbocycles. The van der Waals surface area contributed by atoms with Gasteiger partial charge < -0.3 is 0 Å². The van der Waals surface area contributed by atoms with E-state index in [4.69, 9.17) is 0 Å². The zero-order valence-electron chi connectivity index (χ0n) is 13.1. The molecule has 0 spiro atoms. The summed E-state index contributed by atoms with van der Waals surface area (Å²) in [7, 11) is -1.68. The second kappa shape index (κ2) is 5.15. The van der Waals surface area contributed by atoms with Crippen molar-refractivity contribution in [2.45, 2.75) is 56.9 Å². The lowest BCUT2D eigenvalue weighted by Gasteiger charge is -2.25. The summed E-state index contributed by atoms with van der Waals surface area (Å²) in [5, 5.41) is 0. The monoisotopic (exact) mass is 295 g/mol. The zero-order valence-corrected chi connectivity index (χ0v) is 13.9. The van der Waals surface area contributed by atoms with Gasteiger partial charge in [-0.2, -0.15) is 4.31 Å².